The minimum atomic E-state index is -0.354. The van der Waals surface area contributed by atoms with Gasteiger partial charge in [-0.2, -0.15) is 5.26 Å². The summed E-state index contributed by atoms with van der Waals surface area (Å²) in [4.78, 5) is 27.3. The maximum absolute atomic E-state index is 12.8. The molecule has 164 valence electrons. The van der Waals surface area contributed by atoms with Crippen LogP contribution in [0.25, 0.3) is 0 Å². The van der Waals surface area contributed by atoms with E-state index in [4.69, 9.17) is 9.47 Å². The van der Waals surface area contributed by atoms with Crippen molar-refractivity contribution in [2.24, 2.45) is 0 Å². The maximum atomic E-state index is 12.8. The van der Waals surface area contributed by atoms with Gasteiger partial charge in [-0.15, -0.1) is 11.3 Å². The first-order chi connectivity index (χ1) is 15.0. The Bertz CT molecular complexity index is 995. The van der Waals surface area contributed by atoms with Crippen LogP contribution in [0.15, 0.2) is 24.3 Å². The van der Waals surface area contributed by atoms with Crippen molar-refractivity contribution in [1.82, 2.24) is 4.90 Å². The number of benzene rings is 1. The third-order valence-corrected chi connectivity index (χ3v) is 6.32. The Morgan fingerprint density at radius 1 is 1.29 bits per heavy atom. The van der Waals surface area contributed by atoms with Crippen molar-refractivity contribution in [2.45, 2.75) is 46.1 Å². The molecular formula is C23H27N3O4S. The zero-order valence-corrected chi connectivity index (χ0v) is 18.9. The van der Waals surface area contributed by atoms with Gasteiger partial charge in [0.05, 0.1) is 25.3 Å². The van der Waals surface area contributed by atoms with Crippen LogP contribution in [0.1, 0.15) is 54.7 Å². The van der Waals surface area contributed by atoms with Crippen LogP contribution in [0, 0.1) is 11.3 Å². The van der Waals surface area contributed by atoms with E-state index in [1.807, 2.05) is 38.1 Å². The molecule has 0 fully saturated rings. The van der Waals surface area contributed by atoms with Gasteiger partial charge in [0, 0.05) is 17.8 Å². The molecule has 1 aliphatic heterocycles. The third-order valence-electron chi connectivity index (χ3n) is 5.19. The molecule has 31 heavy (non-hydrogen) atoms. The predicted octanol–water partition coefficient (Wildman–Crippen LogP) is 4.67. The largest absolute Gasteiger partial charge is 0.494 e. The Labute approximate surface area is 186 Å². The van der Waals surface area contributed by atoms with Gasteiger partial charge in [0.25, 0.3) is 0 Å². The lowest BCUT2D eigenvalue weighted by Gasteiger charge is -2.25. The molecule has 2 aromatic rings. The average molecular weight is 442 g/mol. The third kappa shape index (κ3) is 5.17. The van der Waals surface area contributed by atoms with Gasteiger partial charge in [-0.25, -0.2) is 4.79 Å². The number of amides is 2. The predicted molar refractivity (Wildman–Crippen MR) is 119 cm³/mol. The van der Waals surface area contributed by atoms with Gasteiger partial charge in [0.15, 0.2) is 0 Å². The van der Waals surface area contributed by atoms with Crippen LogP contribution < -0.4 is 10.1 Å². The number of nitrogens with zero attached hydrogens (tertiary/aromatic N) is 2. The van der Waals surface area contributed by atoms with Crippen LogP contribution in [0.3, 0.4) is 0 Å². The second kappa shape index (κ2) is 10.3. The van der Waals surface area contributed by atoms with Crippen LogP contribution in [-0.4, -0.2) is 36.7 Å². The number of para-hydroxylation sites is 1. The van der Waals surface area contributed by atoms with Crippen molar-refractivity contribution in [3.63, 3.8) is 0 Å². The molecule has 7 nitrogen and oxygen atoms in total. The van der Waals surface area contributed by atoms with Crippen molar-refractivity contribution in [3.8, 4) is 11.8 Å². The molecule has 8 heteroatoms. The Balaban J connectivity index is 1.71. The van der Waals surface area contributed by atoms with Crippen LogP contribution in [0.2, 0.25) is 0 Å². The Morgan fingerprint density at radius 2 is 2.06 bits per heavy atom. The van der Waals surface area contributed by atoms with Crippen LogP contribution in [0.4, 0.5) is 9.80 Å². The molecule has 0 saturated carbocycles. The van der Waals surface area contributed by atoms with E-state index in [-0.39, 0.29) is 24.3 Å². The van der Waals surface area contributed by atoms with Crippen molar-refractivity contribution in [3.05, 3.63) is 45.8 Å². The molecule has 1 aromatic carbocycles. The highest BCUT2D eigenvalue weighted by Gasteiger charge is 2.28. The minimum absolute atomic E-state index is 0.0396. The van der Waals surface area contributed by atoms with Crippen molar-refractivity contribution < 1.29 is 19.1 Å². The summed E-state index contributed by atoms with van der Waals surface area (Å²) >= 11 is 1.36. The standard InChI is InChI=1S/C23H27N3O4S/c1-4-29-19-9-7-6-8-16(19)15(3)12-21(27)25-22-18(13-24)17-10-11-26(14-20(17)31-22)23(28)30-5-2/h6-9,15H,4-5,10-12,14H2,1-3H3,(H,25,27)/t15-/m0/s1. The monoisotopic (exact) mass is 441 g/mol. The second-order valence-electron chi connectivity index (χ2n) is 7.31. The van der Waals surface area contributed by atoms with Gasteiger partial charge in [-0.1, -0.05) is 25.1 Å². The van der Waals surface area contributed by atoms with Crippen molar-refractivity contribution >= 4 is 28.3 Å². The molecule has 2 amide bonds. The van der Waals surface area contributed by atoms with Gasteiger partial charge >= 0.3 is 6.09 Å². The van der Waals surface area contributed by atoms with E-state index in [2.05, 4.69) is 11.4 Å². The zero-order chi connectivity index (χ0) is 22.4. The first-order valence-electron chi connectivity index (χ1n) is 10.5. The van der Waals surface area contributed by atoms with Gasteiger partial charge in [-0.05, 0) is 43.4 Å². The van der Waals surface area contributed by atoms with E-state index < -0.39 is 0 Å². The first kappa shape index (κ1) is 22.6. The molecule has 1 aliphatic rings. The smallest absolute Gasteiger partial charge is 0.410 e. The topological polar surface area (TPSA) is 91.7 Å². The molecule has 0 bridgehead atoms. The van der Waals surface area contributed by atoms with Gasteiger partial charge < -0.3 is 19.7 Å². The molecule has 0 unspecified atom stereocenters. The Hall–Kier alpha value is -3.05. The fourth-order valence-corrected chi connectivity index (χ4v) is 4.95. The van der Waals surface area contributed by atoms with Gasteiger partial charge in [-0.3, -0.25) is 4.79 Å². The summed E-state index contributed by atoms with van der Waals surface area (Å²) in [5.41, 5.74) is 2.40. The van der Waals surface area contributed by atoms with E-state index in [1.165, 1.54) is 11.3 Å². The molecule has 1 aromatic heterocycles. The SMILES string of the molecule is CCOC(=O)N1CCc2c(sc(NC(=O)C[C@H](C)c3ccccc3OCC)c2C#N)C1. The summed E-state index contributed by atoms with van der Waals surface area (Å²) in [6.45, 7) is 7.45. The molecule has 1 atom stereocenters. The Morgan fingerprint density at radius 3 is 2.77 bits per heavy atom. The number of rotatable bonds is 7. The summed E-state index contributed by atoms with van der Waals surface area (Å²) in [6, 6.07) is 9.95. The maximum Gasteiger partial charge on any atom is 0.410 e. The number of nitrogens with one attached hydrogen (secondary N) is 1. The lowest BCUT2D eigenvalue weighted by atomic mass is 9.96. The van der Waals surface area contributed by atoms with E-state index in [9.17, 15) is 14.9 Å². The molecule has 0 radical (unpaired) electrons. The molecular weight excluding hydrogens is 414 g/mol. The molecule has 2 heterocycles. The summed E-state index contributed by atoms with van der Waals surface area (Å²) in [7, 11) is 0. The number of hydrogen-bond donors (Lipinski definition) is 1. The zero-order valence-electron chi connectivity index (χ0n) is 18.1. The molecule has 0 saturated heterocycles. The lowest BCUT2D eigenvalue weighted by Crippen LogP contribution is -2.35. The first-order valence-corrected chi connectivity index (χ1v) is 11.3. The van der Waals surface area contributed by atoms with E-state index >= 15 is 0 Å². The molecule has 1 N–H and O–H groups in total. The second-order valence-corrected chi connectivity index (χ2v) is 8.42. The highest BCUT2D eigenvalue weighted by molar-refractivity contribution is 7.16. The molecule has 0 aliphatic carbocycles. The number of fused-ring (bicyclic) bond motifs is 1. The minimum Gasteiger partial charge on any atom is -0.494 e. The quantitative estimate of drug-likeness (QED) is 0.674. The van der Waals surface area contributed by atoms with Gasteiger partial charge in [0.2, 0.25) is 5.91 Å². The normalized spacial score (nSPS) is 13.7. The fourth-order valence-electron chi connectivity index (χ4n) is 3.72. The van der Waals surface area contributed by atoms with Crippen molar-refractivity contribution in [1.29, 1.82) is 5.26 Å². The molecule has 0 spiro atoms. The molecule has 3 rings (SSSR count). The summed E-state index contributed by atoms with van der Waals surface area (Å²) in [5, 5.41) is 13.1. The average Bonchev–Trinajstić information content (AvgIpc) is 3.10. The Kier molecular flexibility index (Phi) is 7.53. The number of ether oxygens (including phenoxy) is 2. The fraction of sp³-hybridized carbons (Fsp3) is 0.435. The summed E-state index contributed by atoms with van der Waals surface area (Å²) in [6.07, 6.45) is 0.487. The number of anilines is 1. The van der Waals surface area contributed by atoms with Crippen molar-refractivity contribution in [2.75, 3.05) is 25.1 Å². The highest BCUT2D eigenvalue weighted by atomic mass is 32.1. The number of hydrogen-bond acceptors (Lipinski definition) is 6. The summed E-state index contributed by atoms with van der Waals surface area (Å²) < 4.78 is 10.8. The van der Waals surface area contributed by atoms with E-state index in [1.54, 1.807) is 11.8 Å². The van der Waals surface area contributed by atoms with E-state index in [0.717, 1.165) is 21.8 Å². The number of carbonyl (C=O) groups is 2. The van der Waals surface area contributed by atoms with Crippen LogP contribution in [-0.2, 0) is 22.5 Å². The number of nitriles is 1. The van der Waals surface area contributed by atoms with Gasteiger partial charge in [0.1, 0.15) is 16.8 Å². The van der Waals surface area contributed by atoms with E-state index in [0.29, 0.717) is 43.3 Å². The number of carbonyl (C=O) groups excluding carboxylic acids is 2. The van der Waals surface area contributed by atoms with Crippen LogP contribution in [0.5, 0.6) is 5.75 Å². The summed E-state index contributed by atoms with van der Waals surface area (Å²) in [5.74, 6) is 0.590. The lowest BCUT2D eigenvalue weighted by molar-refractivity contribution is -0.116. The highest BCUT2D eigenvalue weighted by Crippen LogP contribution is 2.37. The van der Waals surface area contributed by atoms with Crippen LogP contribution >= 0.6 is 11.3 Å². The number of thiophene rings is 1.